The van der Waals surface area contributed by atoms with Gasteiger partial charge in [-0.15, -0.1) is 0 Å². The second kappa shape index (κ2) is 3.35. The summed E-state index contributed by atoms with van der Waals surface area (Å²) in [6.07, 6.45) is 0. The first-order valence-corrected chi connectivity index (χ1v) is 4.31. The van der Waals surface area contributed by atoms with Crippen LogP contribution >= 0.6 is 0 Å². The van der Waals surface area contributed by atoms with Gasteiger partial charge in [0.05, 0.1) is 18.0 Å². The van der Waals surface area contributed by atoms with E-state index < -0.39 is 0 Å². The normalized spacial score (nSPS) is 19.5. The quantitative estimate of drug-likeness (QED) is 0.598. The Balaban J connectivity index is 2.36. The number of likely N-dealkylation sites (N-methyl/N-ethyl adjacent to an activating group) is 1. The van der Waals surface area contributed by atoms with Crippen molar-refractivity contribution in [2.45, 2.75) is 6.92 Å². The molecule has 0 bridgehead atoms. The second-order valence-corrected chi connectivity index (χ2v) is 4.16. The van der Waals surface area contributed by atoms with Gasteiger partial charge in [-0.05, 0) is 21.0 Å². The molecule has 0 N–H and O–H groups in total. The van der Waals surface area contributed by atoms with Crippen LogP contribution in [0.3, 0.4) is 0 Å². The highest BCUT2D eigenvalue weighted by Gasteiger charge is 2.41. The molecule has 1 heterocycles. The lowest BCUT2D eigenvalue weighted by molar-refractivity contribution is -0.140. The van der Waals surface area contributed by atoms with Gasteiger partial charge < -0.3 is 9.80 Å². The molecule has 4 heteroatoms. The van der Waals surface area contributed by atoms with Crippen molar-refractivity contribution in [2.24, 2.45) is 5.41 Å². The van der Waals surface area contributed by atoms with E-state index in [9.17, 15) is 4.79 Å². The number of amides is 1. The summed E-state index contributed by atoms with van der Waals surface area (Å²) in [5.41, 5.74) is -0.304. The molecule has 1 fully saturated rings. The Kier molecular flexibility index (Phi) is 2.58. The molecule has 1 aliphatic rings. The molecule has 0 aromatic carbocycles. The molecule has 0 aromatic rings. The summed E-state index contributed by atoms with van der Waals surface area (Å²) in [6, 6.07) is 2.21. The minimum atomic E-state index is -0.304. The smallest absolute Gasteiger partial charge is 0.236 e. The van der Waals surface area contributed by atoms with E-state index in [0.29, 0.717) is 19.6 Å². The third kappa shape index (κ3) is 2.19. The first-order chi connectivity index (χ1) is 5.97. The van der Waals surface area contributed by atoms with E-state index in [2.05, 4.69) is 6.07 Å². The molecule has 0 atom stereocenters. The Morgan fingerprint density at radius 3 is 2.54 bits per heavy atom. The minimum Gasteiger partial charge on any atom is -0.338 e. The van der Waals surface area contributed by atoms with Crippen LogP contribution in [0.2, 0.25) is 0 Å². The van der Waals surface area contributed by atoms with Crippen molar-refractivity contribution in [3.63, 3.8) is 0 Å². The van der Waals surface area contributed by atoms with Crippen molar-refractivity contribution in [3.8, 4) is 6.07 Å². The molecule has 1 amide bonds. The van der Waals surface area contributed by atoms with Crippen LogP contribution in [0, 0.1) is 16.7 Å². The van der Waals surface area contributed by atoms with Crippen molar-refractivity contribution >= 4 is 5.91 Å². The lowest BCUT2D eigenvalue weighted by Gasteiger charge is -2.43. The molecule has 0 saturated carbocycles. The zero-order chi connectivity index (χ0) is 10.1. The summed E-state index contributed by atoms with van der Waals surface area (Å²) in [4.78, 5) is 15.0. The van der Waals surface area contributed by atoms with E-state index >= 15 is 0 Å². The number of hydrogen-bond acceptors (Lipinski definition) is 3. The van der Waals surface area contributed by atoms with Gasteiger partial charge in [-0.2, -0.15) is 5.26 Å². The third-order valence-electron chi connectivity index (χ3n) is 2.15. The summed E-state index contributed by atoms with van der Waals surface area (Å²) in [5, 5.41) is 8.73. The molecule has 1 rings (SSSR count). The Morgan fingerprint density at radius 1 is 1.62 bits per heavy atom. The molecule has 0 radical (unpaired) electrons. The fraction of sp³-hybridized carbons (Fsp3) is 0.778. The van der Waals surface area contributed by atoms with Gasteiger partial charge in [-0.1, -0.05) is 0 Å². The summed E-state index contributed by atoms with van der Waals surface area (Å²) < 4.78 is 0. The molecule has 0 aromatic heterocycles. The van der Waals surface area contributed by atoms with Crippen LogP contribution in [0.1, 0.15) is 6.92 Å². The van der Waals surface area contributed by atoms with Gasteiger partial charge in [0.25, 0.3) is 0 Å². The zero-order valence-corrected chi connectivity index (χ0v) is 8.37. The van der Waals surface area contributed by atoms with Gasteiger partial charge in [0, 0.05) is 13.1 Å². The highest BCUT2D eigenvalue weighted by Crippen LogP contribution is 2.28. The van der Waals surface area contributed by atoms with Crippen LogP contribution in [0.25, 0.3) is 0 Å². The van der Waals surface area contributed by atoms with Gasteiger partial charge in [0.1, 0.15) is 0 Å². The zero-order valence-electron chi connectivity index (χ0n) is 8.37. The maximum absolute atomic E-state index is 11.4. The predicted molar refractivity (Wildman–Crippen MR) is 48.9 cm³/mol. The highest BCUT2D eigenvalue weighted by atomic mass is 16.2. The number of rotatable bonds is 2. The number of likely N-dealkylation sites (tertiary alicyclic amines) is 1. The molecule has 1 aliphatic heterocycles. The monoisotopic (exact) mass is 181 g/mol. The number of carbonyl (C=O) groups is 1. The molecule has 0 spiro atoms. The fourth-order valence-electron chi connectivity index (χ4n) is 1.41. The summed E-state index contributed by atoms with van der Waals surface area (Å²) in [7, 11) is 3.72. The molecule has 13 heavy (non-hydrogen) atoms. The van der Waals surface area contributed by atoms with E-state index in [1.54, 1.807) is 4.90 Å². The average Bonchev–Trinajstić information content (AvgIpc) is 1.97. The van der Waals surface area contributed by atoms with E-state index in [-0.39, 0.29) is 11.3 Å². The molecule has 0 aliphatic carbocycles. The summed E-state index contributed by atoms with van der Waals surface area (Å²) >= 11 is 0. The highest BCUT2D eigenvalue weighted by molar-refractivity contribution is 5.79. The van der Waals surface area contributed by atoms with Crippen LogP contribution in [-0.2, 0) is 4.79 Å². The Hall–Kier alpha value is -1.08. The topological polar surface area (TPSA) is 47.3 Å². The predicted octanol–water partition coefficient (Wildman–Crippen LogP) is -0.0799. The van der Waals surface area contributed by atoms with Crippen LogP contribution in [0.5, 0.6) is 0 Å². The standard InChI is InChI=1S/C9H15N3O/c1-9(5-10)6-12(7-9)8(13)4-11(2)3/h4,6-7H2,1-3H3. The molecule has 4 nitrogen and oxygen atoms in total. The Bertz CT molecular complexity index is 248. The first kappa shape index (κ1) is 10.0. The van der Waals surface area contributed by atoms with Crippen molar-refractivity contribution in [3.05, 3.63) is 0 Å². The Morgan fingerprint density at radius 2 is 2.15 bits per heavy atom. The lowest BCUT2D eigenvalue weighted by Crippen LogP contribution is -2.57. The summed E-state index contributed by atoms with van der Waals surface area (Å²) in [5.74, 6) is 0.109. The third-order valence-corrected chi connectivity index (χ3v) is 2.15. The molecule has 1 saturated heterocycles. The van der Waals surface area contributed by atoms with E-state index in [1.165, 1.54) is 0 Å². The van der Waals surface area contributed by atoms with Crippen molar-refractivity contribution in [1.82, 2.24) is 9.80 Å². The number of hydrogen-bond donors (Lipinski definition) is 0. The Labute approximate surface area is 78.7 Å². The van der Waals surface area contributed by atoms with Crippen molar-refractivity contribution < 1.29 is 4.79 Å². The second-order valence-electron chi connectivity index (χ2n) is 4.16. The van der Waals surface area contributed by atoms with Crippen LogP contribution < -0.4 is 0 Å². The lowest BCUT2D eigenvalue weighted by atomic mass is 9.84. The largest absolute Gasteiger partial charge is 0.338 e. The molecular weight excluding hydrogens is 166 g/mol. The van der Waals surface area contributed by atoms with Crippen molar-refractivity contribution in [1.29, 1.82) is 5.26 Å². The van der Waals surface area contributed by atoms with E-state index in [0.717, 1.165) is 0 Å². The molecule has 72 valence electrons. The van der Waals surface area contributed by atoms with Crippen LogP contribution in [-0.4, -0.2) is 49.4 Å². The maximum Gasteiger partial charge on any atom is 0.236 e. The van der Waals surface area contributed by atoms with E-state index in [4.69, 9.17) is 5.26 Å². The first-order valence-electron chi connectivity index (χ1n) is 4.31. The van der Waals surface area contributed by atoms with Gasteiger partial charge >= 0.3 is 0 Å². The minimum absolute atomic E-state index is 0.109. The number of nitriles is 1. The molecule has 0 unspecified atom stereocenters. The SMILES string of the molecule is CN(C)CC(=O)N1CC(C)(C#N)C1. The van der Waals surface area contributed by atoms with E-state index in [1.807, 2.05) is 25.9 Å². The number of nitrogens with zero attached hydrogens (tertiary/aromatic N) is 3. The van der Waals surface area contributed by atoms with Crippen LogP contribution in [0.4, 0.5) is 0 Å². The van der Waals surface area contributed by atoms with Crippen molar-refractivity contribution in [2.75, 3.05) is 33.7 Å². The van der Waals surface area contributed by atoms with Gasteiger partial charge in [0.15, 0.2) is 0 Å². The summed E-state index contributed by atoms with van der Waals surface area (Å²) in [6.45, 7) is 3.47. The van der Waals surface area contributed by atoms with Gasteiger partial charge in [-0.25, -0.2) is 0 Å². The average molecular weight is 181 g/mol. The van der Waals surface area contributed by atoms with Crippen LogP contribution in [0.15, 0.2) is 0 Å². The maximum atomic E-state index is 11.4. The fourth-order valence-corrected chi connectivity index (χ4v) is 1.41. The van der Waals surface area contributed by atoms with Gasteiger partial charge in [0.2, 0.25) is 5.91 Å². The number of carbonyl (C=O) groups excluding carboxylic acids is 1. The van der Waals surface area contributed by atoms with Gasteiger partial charge in [-0.3, -0.25) is 4.79 Å². The molecular formula is C9H15N3O.